The number of nitrogens with two attached hydrogens (primary N) is 1. The topological polar surface area (TPSA) is 108 Å². The second-order valence-corrected chi connectivity index (χ2v) is 4.05. The van der Waals surface area contributed by atoms with E-state index in [0.29, 0.717) is 12.3 Å². The van der Waals surface area contributed by atoms with Crippen molar-refractivity contribution in [3.8, 4) is 0 Å². The molecule has 0 fully saturated rings. The Labute approximate surface area is 108 Å². The summed E-state index contributed by atoms with van der Waals surface area (Å²) in [6.45, 7) is 2.89. The number of aromatic nitrogens is 3. The quantitative estimate of drug-likeness (QED) is 0.438. The van der Waals surface area contributed by atoms with Gasteiger partial charge in [-0.05, 0) is 6.42 Å². The fourth-order valence-electron chi connectivity index (χ4n) is 1.72. The van der Waals surface area contributed by atoms with Crippen LogP contribution in [0.15, 0.2) is 27.8 Å². The van der Waals surface area contributed by atoms with Gasteiger partial charge in [-0.25, -0.2) is 10.6 Å². The van der Waals surface area contributed by atoms with Crippen LogP contribution >= 0.6 is 0 Å². The first-order valence-electron chi connectivity index (χ1n) is 5.87. The minimum atomic E-state index is -0.536. The summed E-state index contributed by atoms with van der Waals surface area (Å²) >= 11 is 0. The molecule has 0 unspecified atom stereocenters. The van der Waals surface area contributed by atoms with Crippen molar-refractivity contribution in [2.75, 3.05) is 0 Å². The maximum Gasteiger partial charge on any atom is 0.328 e. The van der Waals surface area contributed by atoms with Crippen molar-refractivity contribution >= 4 is 5.91 Å². The van der Waals surface area contributed by atoms with Crippen LogP contribution in [0.5, 0.6) is 0 Å². The van der Waals surface area contributed by atoms with Gasteiger partial charge in [0.1, 0.15) is 0 Å². The highest BCUT2D eigenvalue weighted by Gasteiger charge is 2.12. The lowest BCUT2D eigenvalue weighted by Gasteiger charge is -1.97. The van der Waals surface area contributed by atoms with Gasteiger partial charge in [0.05, 0.1) is 6.54 Å². The number of imidazole rings is 1. The highest BCUT2D eigenvalue weighted by atomic mass is 16.5. The standard InChI is InChI=1S/C11H15N5O3/c1-2-3-15-4-5-16(11(15)18)7-8-6-9(14-19-8)10(17)13-12/h4-6H,2-3,7,12H2,1H3,(H,13,17). The molecule has 2 rings (SSSR count). The zero-order valence-electron chi connectivity index (χ0n) is 10.5. The van der Waals surface area contributed by atoms with Crippen molar-refractivity contribution in [3.63, 3.8) is 0 Å². The molecule has 2 aromatic rings. The molecule has 19 heavy (non-hydrogen) atoms. The van der Waals surface area contributed by atoms with E-state index < -0.39 is 5.91 Å². The maximum absolute atomic E-state index is 11.9. The lowest BCUT2D eigenvalue weighted by atomic mass is 10.3. The number of nitrogen functional groups attached to an aromatic ring is 1. The number of nitrogens with one attached hydrogen (secondary N) is 1. The second-order valence-electron chi connectivity index (χ2n) is 4.05. The highest BCUT2D eigenvalue weighted by molar-refractivity contribution is 5.91. The minimum Gasteiger partial charge on any atom is -0.359 e. The van der Waals surface area contributed by atoms with E-state index in [1.165, 1.54) is 10.6 Å². The van der Waals surface area contributed by atoms with Gasteiger partial charge in [-0.15, -0.1) is 0 Å². The second kappa shape index (κ2) is 5.53. The van der Waals surface area contributed by atoms with Gasteiger partial charge in [0, 0.05) is 25.0 Å². The van der Waals surface area contributed by atoms with E-state index in [1.807, 2.05) is 12.3 Å². The van der Waals surface area contributed by atoms with Crippen molar-refractivity contribution in [2.24, 2.45) is 5.84 Å². The molecule has 0 bridgehead atoms. The molecule has 0 aliphatic heterocycles. The molecule has 8 heteroatoms. The smallest absolute Gasteiger partial charge is 0.328 e. The zero-order chi connectivity index (χ0) is 13.8. The third-order valence-electron chi connectivity index (χ3n) is 2.63. The summed E-state index contributed by atoms with van der Waals surface area (Å²) in [5.41, 5.74) is 1.92. The monoisotopic (exact) mass is 265 g/mol. The van der Waals surface area contributed by atoms with E-state index in [-0.39, 0.29) is 17.9 Å². The van der Waals surface area contributed by atoms with E-state index in [4.69, 9.17) is 10.4 Å². The number of hydrogen-bond acceptors (Lipinski definition) is 5. The Hall–Kier alpha value is -2.35. The molecule has 0 aliphatic carbocycles. The van der Waals surface area contributed by atoms with Crippen LogP contribution in [-0.4, -0.2) is 20.2 Å². The molecule has 0 aromatic carbocycles. The molecule has 8 nitrogen and oxygen atoms in total. The van der Waals surface area contributed by atoms with Gasteiger partial charge in [0.2, 0.25) is 0 Å². The summed E-state index contributed by atoms with van der Waals surface area (Å²) in [5.74, 6) is 4.86. The maximum atomic E-state index is 11.9. The summed E-state index contributed by atoms with van der Waals surface area (Å²) in [5, 5.41) is 3.57. The highest BCUT2D eigenvalue weighted by Crippen LogP contribution is 2.05. The first-order chi connectivity index (χ1) is 9.15. The number of hydrogen-bond donors (Lipinski definition) is 2. The Morgan fingerprint density at radius 3 is 2.89 bits per heavy atom. The number of rotatable bonds is 5. The van der Waals surface area contributed by atoms with Crippen LogP contribution in [0.1, 0.15) is 29.6 Å². The van der Waals surface area contributed by atoms with Crippen LogP contribution in [0.2, 0.25) is 0 Å². The first-order valence-corrected chi connectivity index (χ1v) is 5.87. The van der Waals surface area contributed by atoms with Gasteiger partial charge in [-0.3, -0.25) is 19.4 Å². The molecular weight excluding hydrogens is 250 g/mol. The van der Waals surface area contributed by atoms with Crippen LogP contribution in [0.3, 0.4) is 0 Å². The predicted octanol–water partition coefficient (Wildman–Crippen LogP) is -0.300. The van der Waals surface area contributed by atoms with Crippen molar-refractivity contribution in [1.82, 2.24) is 19.7 Å². The van der Waals surface area contributed by atoms with Crippen LogP contribution in [-0.2, 0) is 13.1 Å². The van der Waals surface area contributed by atoms with Crippen LogP contribution in [0, 0.1) is 0 Å². The van der Waals surface area contributed by atoms with Gasteiger partial charge < -0.3 is 4.52 Å². The Morgan fingerprint density at radius 1 is 1.47 bits per heavy atom. The number of hydrazine groups is 1. The largest absolute Gasteiger partial charge is 0.359 e. The van der Waals surface area contributed by atoms with E-state index in [1.54, 1.807) is 17.0 Å². The van der Waals surface area contributed by atoms with Gasteiger partial charge >= 0.3 is 5.69 Å². The fourth-order valence-corrected chi connectivity index (χ4v) is 1.72. The molecule has 0 atom stereocenters. The number of nitrogens with zero attached hydrogens (tertiary/aromatic N) is 3. The number of aryl methyl sites for hydroxylation is 1. The first kappa shape index (κ1) is 13.1. The van der Waals surface area contributed by atoms with E-state index in [9.17, 15) is 9.59 Å². The minimum absolute atomic E-state index is 0.0820. The van der Waals surface area contributed by atoms with Gasteiger partial charge in [-0.2, -0.15) is 0 Å². The summed E-state index contributed by atoms with van der Waals surface area (Å²) in [6, 6.07) is 1.45. The van der Waals surface area contributed by atoms with Crippen molar-refractivity contribution < 1.29 is 9.32 Å². The summed E-state index contributed by atoms with van der Waals surface area (Å²) in [7, 11) is 0. The molecular formula is C11H15N5O3. The molecule has 0 aliphatic rings. The molecule has 0 spiro atoms. The van der Waals surface area contributed by atoms with Crippen LogP contribution in [0.25, 0.3) is 0 Å². The summed E-state index contributed by atoms with van der Waals surface area (Å²) < 4.78 is 8.08. The Balaban J connectivity index is 2.15. The third-order valence-corrected chi connectivity index (χ3v) is 2.63. The summed E-state index contributed by atoms with van der Waals surface area (Å²) in [4.78, 5) is 23.1. The van der Waals surface area contributed by atoms with Crippen LogP contribution < -0.4 is 17.0 Å². The molecule has 0 saturated carbocycles. The van der Waals surface area contributed by atoms with Crippen LogP contribution in [0.4, 0.5) is 0 Å². The molecule has 0 saturated heterocycles. The fraction of sp³-hybridized carbons (Fsp3) is 0.364. The molecule has 2 aromatic heterocycles. The SMILES string of the molecule is CCCn1ccn(Cc2cc(C(=O)NN)no2)c1=O. The van der Waals surface area contributed by atoms with Crippen molar-refractivity contribution in [2.45, 2.75) is 26.4 Å². The van der Waals surface area contributed by atoms with E-state index >= 15 is 0 Å². The lowest BCUT2D eigenvalue weighted by Crippen LogP contribution is -2.30. The predicted molar refractivity (Wildman–Crippen MR) is 66.2 cm³/mol. The lowest BCUT2D eigenvalue weighted by molar-refractivity contribution is 0.0944. The molecule has 2 heterocycles. The normalized spacial score (nSPS) is 10.6. The van der Waals surface area contributed by atoms with Gasteiger partial charge in [-0.1, -0.05) is 12.1 Å². The number of carbonyl (C=O) groups excluding carboxylic acids is 1. The van der Waals surface area contributed by atoms with Crippen molar-refractivity contribution in [3.05, 3.63) is 40.4 Å². The van der Waals surface area contributed by atoms with Gasteiger partial charge in [0.25, 0.3) is 5.91 Å². The Bertz CT molecular complexity index is 624. The van der Waals surface area contributed by atoms with E-state index in [2.05, 4.69) is 5.16 Å². The number of amides is 1. The Morgan fingerprint density at radius 2 is 2.21 bits per heavy atom. The zero-order valence-corrected chi connectivity index (χ0v) is 10.5. The Kier molecular flexibility index (Phi) is 3.81. The molecule has 0 radical (unpaired) electrons. The molecule has 1 amide bonds. The molecule has 102 valence electrons. The van der Waals surface area contributed by atoms with E-state index in [0.717, 1.165) is 6.42 Å². The van der Waals surface area contributed by atoms with Gasteiger partial charge in [0.15, 0.2) is 11.5 Å². The third kappa shape index (κ3) is 2.74. The average Bonchev–Trinajstić information content (AvgIpc) is 3.00. The average molecular weight is 265 g/mol. The van der Waals surface area contributed by atoms with Crippen molar-refractivity contribution in [1.29, 1.82) is 0 Å². The summed E-state index contributed by atoms with van der Waals surface area (Å²) in [6.07, 6.45) is 4.27. The molecule has 3 N–H and O–H groups in total. The number of carbonyl (C=O) groups is 1.